The zero-order valence-corrected chi connectivity index (χ0v) is 20.2. The first kappa shape index (κ1) is 24.0. The SMILES string of the molecule is CN(CC(=O)OCCCc1ccc([S+](c2ccccc2)c2ccccc2)cc1)C1CCOC1=O. The van der Waals surface area contributed by atoms with E-state index in [9.17, 15) is 9.59 Å². The number of ether oxygens (including phenoxy) is 2. The molecule has 4 rings (SSSR count). The van der Waals surface area contributed by atoms with Crippen LogP contribution < -0.4 is 0 Å². The normalized spacial score (nSPS) is 15.5. The first-order valence-corrected chi connectivity index (χ1v) is 12.8. The van der Waals surface area contributed by atoms with Crippen LogP contribution in [-0.4, -0.2) is 49.7 Å². The summed E-state index contributed by atoms with van der Waals surface area (Å²) in [6, 6.07) is 29.6. The van der Waals surface area contributed by atoms with E-state index in [1.165, 1.54) is 20.2 Å². The van der Waals surface area contributed by atoms with E-state index >= 15 is 0 Å². The summed E-state index contributed by atoms with van der Waals surface area (Å²) in [5.41, 5.74) is 1.22. The second-order valence-electron chi connectivity index (χ2n) is 8.29. The summed E-state index contributed by atoms with van der Waals surface area (Å²) in [5, 5.41) is 0. The van der Waals surface area contributed by atoms with Gasteiger partial charge < -0.3 is 9.47 Å². The molecule has 0 aliphatic carbocycles. The number of rotatable bonds is 10. The molecule has 1 atom stereocenters. The molecule has 1 heterocycles. The standard InChI is InChI=1S/C28H30NO4S/c1-29(26-18-20-33-28(26)31)21-27(30)32-19-8-9-22-14-16-25(17-15-22)34(23-10-4-2-5-11-23)24-12-6-3-7-13-24/h2-7,10-17,26H,8-9,18-21H2,1H3/q+1. The van der Waals surface area contributed by atoms with Crippen LogP contribution in [0.25, 0.3) is 0 Å². The largest absolute Gasteiger partial charge is 0.465 e. The molecular formula is C28H30NO4S+. The van der Waals surface area contributed by atoms with E-state index in [2.05, 4.69) is 72.8 Å². The number of cyclic esters (lactones) is 1. The van der Waals surface area contributed by atoms with Gasteiger partial charge in [0.25, 0.3) is 0 Å². The van der Waals surface area contributed by atoms with Gasteiger partial charge in [-0.15, -0.1) is 0 Å². The molecule has 3 aromatic rings. The Morgan fingerprint density at radius 2 is 1.53 bits per heavy atom. The number of esters is 2. The van der Waals surface area contributed by atoms with Crippen molar-refractivity contribution < 1.29 is 19.1 Å². The van der Waals surface area contributed by atoms with E-state index in [-0.39, 0.29) is 35.4 Å². The minimum atomic E-state index is -0.345. The Morgan fingerprint density at radius 1 is 0.941 bits per heavy atom. The molecule has 1 aliphatic heterocycles. The lowest BCUT2D eigenvalue weighted by Crippen LogP contribution is -2.39. The molecule has 1 unspecified atom stereocenters. The third-order valence-electron chi connectivity index (χ3n) is 5.81. The van der Waals surface area contributed by atoms with Gasteiger partial charge in [-0.2, -0.15) is 0 Å². The number of hydrogen-bond acceptors (Lipinski definition) is 5. The second kappa shape index (κ2) is 11.9. The Hall–Kier alpha value is -3.09. The number of carbonyl (C=O) groups excluding carboxylic acids is 2. The molecular weight excluding hydrogens is 446 g/mol. The maximum Gasteiger partial charge on any atom is 0.323 e. The number of nitrogens with zero attached hydrogens (tertiary/aromatic N) is 1. The lowest BCUT2D eigenvalue weighted by Gasteiger charge is -2.19. The van der Waals surface area contributed by atoms with Crippen LogP contribution in [0.2, 0.25) is 0 Å². The van der Waals surface area contributed by atoms with Gasteiger partial charge in [-0.25, -0.2) is 0 Å². The summed E-state index contributed by atoms with van der Waals surface area (Å²) in [6.45, 7) is 0.872. The Morgan fingerprint density at radius 3 is 2.09 bits per heavy atom. The van der Waals surface area contributed by atoms with E-state index < -0.39 is 0 Å². The monoisotopic (exact) mass is 476 g/mol. The molecule has 1 saturated heterocycles. The van der Waals surface area contributed by atoms with Gasteiger partial charge >= 0.3 is 11.9 Å². The molecule has 1 fully saturated rings. The smallest absolute Gasteiger partial charge is 0.323 e. The number of likely N-dealkylation sites (N-methyl/N-ethyl adjacent to an activating group) is 1. The molecule has 176 valence electrons. The number of aryl methyl sites for hydroxylation is 1. The van der Waals surface area contributed by atoms with E-state index in [1.54, 1.807) is 11.9 Å². The molecule has 0 aromatic heterocycles. The molecule has 0 spiro atoms. The van der Waals surface area contributed by atoms with Crippen molar-refractivity contribution in [1.29, 1.82) is 0 Å². The van der Waals surface area contributed by atoms with Gasteiger partial charge in [0.1, 0.15) is 6.04 Å². The number of benzene rings is 3. The van der Waals surface area contributed by atoms with Crippen molar-refractivity contribution in [2.75, 3.05) is 26.8 Å². The van der Waals surface area contributed by atoms with Gasteiger partial charge in [-0.1, -0.05) is 48.5 Å². The number of carbonyl (C=O) groups is 2. The van der Waals surface area contributed by atoms with Crippen LogP contribution in [0, 0.1) is 0 Å². The maximum atomic E-state index is 12.1. The lowest BCUT2D eigenvalue weighted by atomic mass is 10.1. The fourth-order valence-corrected chi connectivity index (χ4v) is 6.10. The van der Waals surface area contributed by atoms with Crippen LogP contribution in [0.4, 0.5) is 0 Å². The Balaban J connectivity index is 1.29. The first-order valence-electron chi connectivity index (χ1n) is 11.6. The van der Waals surface area contributed by atoms with Gasteiger partial charge in [0.05, 0.1) is 30.7 Å². The molecule has 1 aliphatic rings. The highest BCUT2D eigenvalue weighted by atomic mass is 32.2. The Bertz CT molecular complexity index is 1030. The molecule has 5 nitrogen and oxygen atoms in total. The average Bonchev–Trinajstić information content (AvgIpc) is 3.30. The van der Waals surface area contributed by atoms with Crippen molar-refractivity contribution in [3.8, 4) is 0 Å². The lowest BCUT2D eigenvalue weighted by molar-refractivity contribution is -0.147. The summed E-state index contributed by atoms with van der Waals surface area (Å²) in [4.78, 5) is 29.3. The summed E-state index contributed by atoms with van der Waals surface area (Å²) in [5.74, 6) is -0.576. The van der Waals surface area contributed by atoms with Gasteiger partial charge in [0, 0.05) is 6.42 Å². The van der Waals surface area contributed by atoms with E-state index in [1.807, 2.05) is 12.1 Å². The molecule has 34 heavy (non-hydrogen) atoms. The van der Waals surface area contributed by atoms with Crippen molar-refractivity contribution in [2.45, 2.75) is 40.0 Å². The molecule has 0 amide bonds. The molecule has 0 radical (unpaired) electrons. The van der Waals surface area contributed by atoms with E-state index in [0.717, 1.165) is 12.8 Å². The van der Waals surface area contributed by atoms with Crippen LogP contribution in [-0.2, 0) is 36.4 Å². The van der Waals surface area contributed by atoms with Crippen LogP contribution in [0.1, 0.15) is 18.4 Å². The van der Waals surface area contributed by atoms with Gasteiger partial charge in [0.15, 0.2) is 14.7 Å². The average molecular weight is 477 g/mol. The van der Waals surface area contributed by atoms with E-state index in [4.69, 9.17) is 9.47 Å². The number of hydrogen-bond donors (Lipinski definition) is 0. The fraction of sp³-hybridized carbons (Fsp3) is 0.286. The van der Waals surface area contributed by atoms with Crippen molar-refractivity contribution in [3.05, 3.63) is 90.5 Å². The maximum absolute atomic E-state index is 12.1. The minimum Gasteiger partial charge on any atom is -0.465 e. The highest BCUT2D eigenvalue weighted by Gasteiger charge is 2.31. The molecule has 6 heteroatoms. The Labute approximate surface area is 204 Å². The summed E-state index contributed by atoms with van der Waals surface area (Å²) < 4.78 is 10.3. The Kier molecular flexibility index (Phi) is 8.39. The highest BCUT2D eigenvalue weighted by molar-refractivity contribution is 7.97. The van der Waals surface area contributed by atoms with Crippen molar-refractivity contribution >= 4 is 22.8 Å². The molecule has 3 aromatic carbocycles. The van der Waals surface area contributed by atoms with Crippen LogP contribution in [0.5, 0.6) is 0 Å². The van der Waals surface area contributed by atoms with Crippen LogP contribution in [0.15, 0.2) is 99.6 Å². The zero-order chi connectivity index (χ0) is 23.8. The molecule has 0 bridgehead atoms. The first-order chi connectivity index (χ1) is 16.6. The minimum absolute atomic E-state index is 0.0930. The molecule has 0 saturated carbocycles. The molecule has 0 N–H and O–H groups in total. The van der Waals surface area contributed by atoms with Gasteiger partial charge in [-0.3, -0.25) is 14.5 Å². The van der Waals surface area contributed by atoms with E-state index in [0.29, 0.717) is 19.6 Å². The summed E-state index contributed by atoms with van der Waals surface area (Å²) >= 11 is 0. The second-order valence-corrected chi connectivity index (χ2v) is 10.3. The summed E-state index contributed by atoms with van der Waals surface area (Å²) in [6.07, 6.45) is 2.21. The topological polar surface area (TPSA) is 55.8 Å². The van der Waals surface area contributed by atoms with Gasteiger partial charge in [-0.05, 0) is 61.9 Å². The highest BCUT2D eigenvalue weighted by Crippen LogP contribution is 2.31. The summed E-state index contributed by atoms with van der Waals surface area (Å²) in [7, 11) is 1.60. The van der Waals surface area contributed by atoms with Crippen molar-refractivity contribution in [1.82, 2.24) is 4.90 Å². The van der Waals surface area contributed by atoms with Crippen LogP contribution in [0.3, 0.4) is 0 Å². The predicted molar refractivity (Wildman–Crippen MR) is 133 cm³/mol. The zero-order valence-electron chi connectivity index (χ0n) is 19.4. The third kappa shape index (κ3) is 6.27. The van der Waals surface area contributed by atoms with Crippen LogP contribution >= 0.6 is 0 Å². The van der Waals surface area contributed by atoms with Crippen molar-refractivity contribution in [3.63, 3.8) is 0 Å². The quantitative estimate of drug-likeness (QED) is 0.245. The fourth-order valence-electron chi connectivity index (χ4n) is 4.02. The van der Waals surface area contributed by atoms with Gasteiger partial charge in [0.2, 0.25) is 0 Å². The third-order valence-corrected chi connectivity index (χ3v) is 8.04. The predicted octanol–water partition coefficient (Wildman–Crippen LogP) is 4.51. The van der Waals surface area contributed by atoms with Crippen molar-refractivity contribution in [2.24, 2.45) is 0 Å².